The number of rotatable bonds is 5. The highest BCUT2D eigenvalue weighted by Gasteiger charge is 2.22. The van der Waals surface area contributed by atoms with Crippen molar-refractivity contribution in [2.24, 2.45) is 5.92 Å². The molecule has 2 heteroatoms. The molecule has 16 heavy (non-hydrogen) atoms. The number of hydrogen-bond donors (Lipinski definition) is 0. The molecule has 1 rings (SSSR count). The molecule has 0 aliphatic carbocycles. The zero-order valence-corrected chi connectivity index (χ0v) is 10.0. The van der Waals surface area contributed by atoms with Crippen LogP contribution in [0.4, 0.5) is 0 Å². The fourth-order valence-corrected chi connectivity index (χ4v) is 1.65. The van der Waals surface area contributed by atoms with E-state index in [-0.39, 0.29) is 17.8 Å². The molecular formula is C14H18O2. The van der Waals surface area contributed by atoms with Crippen molar-refractivity contribution in [1.82, 2.24) is 0 Å². The summed E-state index contributed by atoms with van der Waals surface area (Å²) in [5, 5.41) is 0. The second-order valence-corrected chi connectivity index (χ2v) is 3.75. The first kappa shape index (κ1) is 12.7. The van der Waals surface area contributed by atoms with E-state index in [0.29, 0.717) is 0 Å². The molecule has 0 spiro atoms. The van der Waals surface area contributed by atoms with Crippen LogP contribution in [0.1, 0.15) is 24.2 Å². The van der Waals surface area contributed by atoms with Crippen molar-refractivity contribution in [1.29, 1.82) is 0 Å². The van der Waals surface area contributed by atoms with E-state index in [1.807, 2.05) is 56.3 Å². The largest absolute Gasteiger partial charge is 0.377 e. The summed E-state index contributed by atoms with van der Waals surface area (Å²) < 4.78 is 5.29. The Morgan fingerprint density at radius 3 is 2.44 bits per heavy atom. The highest BCUT2D eigenvalue weighted by molar-refractivity contribution is 5.98. The molecular weight excluding hydrogens is 200 g/mol. The molecule has 0 heterocycles. The second kappa shape index (κ2) is 6.23. The number of benzene rings is 1. The zero-order valence-electron chi connectivity index (χ0n) is 10.0. The summed E-state index contributed by atoms with van der Waals surface area (Å²) in [6.45, 7) is 3.81. The van der Waals surface area contributed by atoms with Crippen molar-refractivity contribution in [3.8, 4) is 0 Å². The normalized spacial score (nSPS) is 14.9. The van der Waals surface area contributed by atoms with E-state index in [0.717, 1.165) is 5.56 Å². The lowest BCUT2D eigenvalue weighted by Crippen LogP contribution is -2.25. The van der Waals surface area contributed by atoms with Crippen LogP contribution >= 0.6 is 0 Å². The van der Waals surface area contributed by atoms with Crippen molar-refractivity contribution >= 4 is 5.78 Å². The lowest BCUT2D eigenvalue weighted by molar-refractivity contribution is 0.0673. The number of ether oxygens (including phenoxy) is 1. The van der Waals surface area contributed by atoms with Gasteiger partial charge in [0.2, 0.25) is 0 Å². The van der Waals surface area contributed by atoms with Crippen molar-refractivity contribution < 1.29 is 9.53 Å². The molecule has 1 aromatic rings. The van der Waals surface area contributed by atoms with Gasteiger partial charge in [-0.3, -0.25) is 4.79 Å². The lowest BCUT2D eigenvalue weighted by Gasteiger charge is -2.18. The third-order valence-electron chi connectivity index (χ3n) is 2.62. The van der Waals surface area contributed by atoms with E-state index in [4.69, 9.17) is 4.74 Å². The SMILES string of the molecule is C/C=C/C(OC)C(C)C(=O)c1ccccc1. The monoisotopic (exact) mass is 218 g/mol. The number of hydrogen-bond acceptors (Lipinski definition) is 2. The Kier molecular flexibility index (Phi) is 4.93. The Hall–Kier alpha value is -1.41. The third kappa shape index (κ3) is 3.04. The summed E-state index contributed by atoms with van der Waals surface area (Å²) in [6, 6.07) is 9.32. The first-order valence-electron chi connectivity index (χ1n) is 5.45. The number of ketones is 1. The third-order valence-corrected chi connectivity index (χ3v) is 2.62. The number of Topliss-reactive ketones (excluding diaryl/α,β-unsaturated/α-hetero) is 1. The van der Waals surface area contributed by atoms with Crippen LogP contribution in [0.3, 0.4) is 0 Å². The van der Waals surface area contributed by atoms with Gasteiger partial charge in [0.1, 0.15) is 0 Å². The van der Waals surface area contributed by atoms with Gasteiger partial charge >= 0.3 is 0 Å². The van der Waals surface area contributed by atoms with Crippen molar-refractivity contribution in [3.63, 3.8) is 0 Å². The maximum absolute atomic E-state index is 12.1. The Bertz CT molecular complexity index is 354. The molecule has 2 unspecified atom stereocenters. The van der Waals surface area contributed by atoms with Gasteiger partial charge in [0, 0.05) is 18.6 Å². The number of allylic oxidation sites excluding steroid dienone is 1. The van der Waals surface area contributed by atoms with E-state index in [1.165, 1.54) is 0 Å². The van der Waals surface area contributed by atoms with Crippen molar-refractivity contribution in [2.45, 2.75) is 20.0 Å². The highest BCUT2D eigenvalue weighted by Crippen LogP contribution is 2.15. The molecule has 0 amide bonds. The van der Waals surface area contributed by atoms with E-state index in [2.05, 4.69) is 0 Å². The molecule has 86 valence electrons. The van der Waals surface area contributed by atoms with Crippen LogP contribution in [-0.2, 0) is 4.74 Å². The molecule has 0 fully saturated rings. The Labute approximate surface area is 96.9 Å². The summed E-state index contributed by atoms with van der Waals surface area (Å²) >= 11 is 0. The first-order valence-corrected chi connectivity index (χ1v) is 5.45. The van der Waals surface area contributed by atoms with Gasteiger partial charge in [-0.15, -0.1) is 0 Å². The fraction of sp³-hybridized carbons (Fsp3) is 0.357. The van der Waals surface area contributed by atoms with Gasteiger partial charge in [-0.1, -0.05) is 49.4 Å². The summed E-state index contributed by atoms with van der Waals surface area (Å²) in [5.41, 5.74) is 0.738. The zero-order chi connectivity index (χ0) is 12.0. The highest BCUT2D eigenvalue weighted by atomic mass is 16.5. The number of methoxy groups -OCH3 is 1. The molecule has 0 aliphatic heterocycles. The van der Waals surface area contributed by atoms with Gasteiger partial charge in [-0.25, -0.2) is 0 Å². The van der Waals surface area contributed by atoms with Crippen LogP contribution in [-0.4, -0.2) is 19.0 Å². The fourth-order valence-electron chi connectivity index (χ4n) is 1.65. The minimum Gasteiger partial charge on any atom is -0.377 e. The Morgan fingerprint density at radius 1 is 1.31 bits per heavy atom. The molecule has 0 aromatic heterocycles. The predicted molar refractivity (Wildman–Crippen MR) is 65.5 cm³/mol. The molecule has 2 nitrogen and oxygen atoms in total. The topological polar surface area (TPSA) is 26.3 Å². The lowest BCUT2D eigenvalue weighted by atomic mass is 9.94. The maximum atomic E-state index is 12.1. The minimum atomic E-state index is -0.163. The summed E-state index contributed by atoms with van der Waals surface area (Å²) in [7, 11) is 1.62. The molecule has 1 aromatic carbocycles. The van der Waals surface area contributed by atoms with Gasteiger partial charge in [0.05, 0.1) is 6.10 Å². The predicted octanol–water partition coefficient (Wildman–Crippen LogP) is 3.10. The van der Waals surface area contributed by atoms with Crippen LogP contribution < -0.4 is 0 Å². The quantitative estimate of drug-likeness (QED) is 0.560. The molecule has 0 aliphatic rings. The number of carbonyl (C=O) groups is 1. The van der Waals surface area contributed by atoms with Crippen molar-refractivity contribution in [3.05, 3.63) is 48.0 Å². The maximum Gasteiger partial charge on any atom is 0.168 e. The smallest absolute Gasteiger partial charge is 0.168 e. The van der Waals surface area contributed by atoms with E-state index >= 15 is 0 Å². The summed E-state index contributed by atoms with van der Waals surface area (Å²) in [6.07, 6.45) is 3.66. The second-order valence-electron chi connectivity index (χ2n) is 3.75. The van der Waals surface area contributed by atoms with Gasteiger partial charge < -0.3 is 4.74 Å². The van der Waals surface area contributed by atoms with Gasteiger partial charge in [0.15, 0.2) is 5.78 Å². The molecule has 0 saturated carbocycles. The van der Waals surface area contributed by atoms with E-state index in [1.54, 1.807) is 7.11 Å². The van der Waals surface area contributed by atoms with Gasteiger partial charge in [-0.2, -0.15) is 0 Å². The molecule has 0 radical (unpaired) electrons. The van der Waals surface area contributed by atoms with Crippen LogP contribution in [0.25, 0.3) is 0 Å². The van der Waals surface area contributed by atoms with E-state index < -0.39 is 0 Å². The standard InChI is InChI=1S/C14H18O2/c1-4-8-13(16-3)11(2)14(15)12-9-6-5-7-10-12/h4-11,13H,1-3H3/b8-4+. The number of carbonyl (C=O) groups excluding carboxylic acids is 1. The van der Waals surface area contributed by atoms with Gasteiger partial charge in [-0.05, 0) is 6.92 Å². The minimum absolute atomic E-state index is 0.116. The van der Waals surface area contributed by atoms with Crippen LogP contribution in [0.5, 0.6) is 0 Å². The van der Waals surface area contributed by atoms with Crippen LogP contribution in [0.15, 0.2) is 42.5 Å². The molecule has 0 saturated heterocycles. The summed E-state index contributed by atoms with van der Waals surface area (Å²) in [5.74, 6) is -0.0471. The summed E-state index contributed by atoms with van der Waals surface area (Å²) in [4.78, 5) is 12.1. The van der Waals surface area contributed by atoms with Gasteiger partial charge in [0.25, 0.3) is 0 Å². The average Bonchev–Trinajstić information content (AvgIpc) is 2.35. The van der Waals surface area contributed by atoms with E-state index in [9.17, 15) is 4.79 Å². The van der Waals surface area contributed by atoms with Crippen LogP contribution in [0, 0.1) is 5.92 Å². The first-order chi connectivity index (χ1) is 7.70. The molecule has 2 atom stereocenters. The average molecular weight is 218 g/mol. The Morgan fingerprint density at radius 2 is 1.94 bits per heavy atom. The van der Waals surface area contributed by atoms with Crippen molar-refractivity contribution in [2.75, 3.05) is 7.11 Å². The Balaban J connectivity index is 2.81. The molecule has 0 bridgehead atoms. The molecule has 0 N–H and O–H groups in total. The van der Waals surface area contributed by atoms with Crippen LogP contribution in [0.2, 0.25) is 0 Å².